The number of nitriles is 1. The molecule has 3 aromatic rings. The van der Waals surface area contributed by atoms with Crippen molar-refractivity contribution in [2.45, 2.75) is 20.0 Å². The minimum Gasteiger partial charge on any atom is -0.435 e. The molecule has 8 nitrogen and oxygen atoms in total. The van der Waals surface area contributed by atoms with Gasteiger partial charge in [0.15, 0.2) is 5.75 Å². The number of aromatic nitrogens is 3. The number of ether oxygens (including phenoxy) is 1. The number of sulfonamides is 1. The summed E-state index contributed by atoms with van der Waals surface area (Å²) in [7, 11) is -3.71. The van der Waals surface area contributed by atoms with Gasteiger partial charge in [0.05, 0.1) is 17.6 Å². The molecule has 0 bridgehead atoms. The van der Waals surface area contributed by atoms with E-state index in [1.54, 1.807) is 6.07 Å². The number of rotatable bonds is 5. The molecule has 0 aliphatic rings. The van der Waals surface area contributed by atoms with Gasteiger partial charge >= 0.3 is 6.18 Å². The van der Waals surface area contributed by atoms with Crippen LogP contribution in [-0.4, -0.2) is 29.6 Å². The molecule has 0 spiro atoms. The highest BCUT2D eigenvalue weighted by atomic mass is 32.2. The van der Waals surface area contributed by atoms with Crippen LogP contribution in [0.15, 0.2) is 36.5 Å². The second-order valence-corrected chi connectivity index (χ2v) is 8.55. The zero-order chi connectivity index (χ0) is 23.7. The third-order valence-electron chi connectivity index (χ3n) is 4.14. The Hall–Kier alpha value is -3.72. The first-order chi connectivity index (χ1) is 14.9. The summed E-state index contributed by atoms with van der Waals surface area (Å²) in [6.45, 7) is 2.75. The zero-order valence-corrected chi connectivity index (χ0v) is 17.8. The van der Waals surface area contributed by atoms with Crippen LogP contribution in [-0.2, 0) is 16.2 Å². The van der Waals surface area contributed by atoms with E-state index < -0.39 is 21.9 Å². The second-order valence-electron chi connectivity index (χ2n) is 6.80. The Morgan fingerprint density at radius 1 is 1.12 bits per heavy atom. The van der Waals surface area contributed by atoms with E-state index in [9.17, 15) is 21.6 Å². The van der Waals surface area contributed by atoms with E-state index in [1.807, 2.05) is 6.07 Å². The van der Waals surface area contributed by atoms with Crippen molar-refractivity contribution in [1.82, 2.24) is 15.0 Å². The van der Waals surface area contributed by atoms with Crippen molar-refractivity contribution in [3.05, 3.63) is 59.2 Å². The van der Waals surface area contributed by atoms with Crippen LogP contribution in [0, 0.1) is 25.2 Å². The Kier molecular flexibility index (Phi) is 6.05. The van der Waals surface area contributed by atoms with Crippen LogP contribution >= 0.6 is 0 Å². The molecular formula is C20H16F3N5O3S. The summed E-state index contributed by atoms with van der Waals surface area (Å²) in [6, 6.07) is 8.70. The number of aryl methyl sites for hydroxylation is 2. The van der Waals surface area contributed by atoms with Gasteiger partial charge in [0.1, 0.15) is 23.1 Å². The van der Waals surface area contributed by atoms with Gasteiger partial charge in [0.2, 0.25) is 15.9 Å². The molecule has 12 heteroatoms. The van der Waals surface area contributed by atoms with Crippen LogP contribution in [0.5, 0.6) is 11.6 Å². The molecule has 3 rings (SSSR count). The molecule has 32 heavy (non-hydrogen) atoms. The Labute approximate surface area is 181 Å². The molecule has 166 valence electrons. The SMILES string of the molecule is Cc1cc(C(F)(F)F)nc(C)c1Oc1nc(-c2ccnc(C#N)c2)ccc1NS(C)(=O)=O. The molecule has 0 saturated heterocycles. The van der Waals surface area contributed by atoms with E-state index in [4.69, 9.17) is 10.00 Å². The summed E-state index contributed by atoms with van der Waals surface area (Å²) >= 11 is 0. The summed E-state index contributed by atoms with van der Waals surface area (Å²) < 4.78 is 70.6. The lowest BCUT2D eigenvalue weighted by Crippen LogP contribution is -2.12. The van der Waals surface area contributed by atoms with E-state index >= 15 is 0 Å². The fraction of sp³-hybridized carbons (Fsp3) is 0.200. The molecule has 0 fully saturated rings. The Balaban J connectivity index is 2.12. The maximum absolute atomic E-state index is 13.0. The van der Waals surface area contributed by atoms with Crippen LogP contribution in [0.1, 0.15) is 22.6 Å². The van der Waals surface area contributed by atoms with E-state index in [-0.39, 0.29) is 34.3 Å². The van der Waals surface area contributed by atoms with Gasteiger partial charge in [-0.1, -0.05) is 0 Å². The van der Waals surface area contributed by atoms with E-state index in [2.05, 4.69) is 19.7 Å². The Bertz CT molecular complexity index is 1310. The van der Waals surface area contributed by atoms with E-state index in [0.717, 1.165) is 12.3 Å². The highest BCUT2D eigenvalue weighted by molar-refractivity contribution is 7.92. The lowest BCUT2D eigenvalue weighted by molar-refractivity contribution is -0.141. The molecule has 1 N–H and O–H groups in total. The molecule has 0 saturated carbocycles. The second kappa shape index (κ2) is 8.43. The quantitative estimate of drug-likeness (QED) is 0.602. The number of anilines is 1. The van der Waals surface area contributed by atoms with Crippen LogP contribution in [0.25, 0.3) is 11.3 Å². The fourth-order valence-electron chi connectivity index (χ4n) is 2.82. The van der Waals surface area contributed by atoms with Crippen molar-refractivity contribution in [2.24, 2.45) is 0 Å². The Morgan fingerprint density at radius 2 is 1.84 bits per heavy atom. The summed E-state index contributed by atoms with van der Waals surface area (Å²) in [4.78, 5) is 11.7. The standard InChI is InChI=1S/C20H16F3N5O3S/c1-11-8-17(20(21,22)23)26-12(2)18(11)31-19-16(28-32(3,29)30)5-4-15(27-19)13-6-7-25-14(9-13)10-24/h4-9,28H,1-3H3. The molecule has 0 unspecified atom stereocenters. The van der Waals surface area contributed by atoms with Gasteiger partial charge in [0.25, 0.3) is 0 Å². The average Bonchev–Trinajstić information content (AvgIpc) is 2.69. The lowest BCUT2D eigenvalue weighted by atomic mass is 10.1. The minimum absolute atomic E-state index is 0.00615. The molecule has 3 heterocycles. The Morgan fingerprint density at radius 3 is 2.44 bits per heavy atom. The van der Waals surface area contributed by atoms with E-state index in [0.29, 0.717) is 11.3 Å². The average molecular weight is 463 g/mol. The summed E-state index contributed by atoms with van der Waals surface area (Å²) in [6.07, 6.45) is -2.29. The van der Waals surface area contributed by atoms with Crippen LogP contribution in [0.2, 0.25) is 0 Å². The van der Waals surface area contributed by atoms with Crippen LogP contribution in [0.3, 0.4) is 0 Å². The van der Waals surface area contributed by atoms with Crippen LogP contribution < -0.4 is 9.46 Å². The molecule has 0 aromatic carbocycles. The molecule has 3 aromatic heterocycles. The first-order valence-electron chi connectivity index (χ1n) is 8.96. The zero-order valence-electron chi connectivity index (χ0n) is 17.0. The summed E-state index contributed by atoms with van der Waals surface area (Å²) in [5, 5.41) is 9.05. The fourth-order valence-corrected chi connectivity index (χ4v) is 3.38. The van der Waals surface area contributed by atoms with Gasteiger partial charge < -0.3 is 4.74 Å². The molecule has 0 atom stereocenters. The molecular weight excluding hydrogens is 447 g/mol. The van der Waals surface area contributed by atoms with Gasteiger partial charge in [-0.15, -0.1) is 0 Å². The molecule has 0 radical (unpaired) electrons. The number of nitrogens with one attached hydrogen (secondary N) is 1. The lowest BCUT2D eigenvalue weighted by Gasteiger charge is -2.16. The number of pyridine rings is 3. The van der Waals surface area contributed by atoms with Gasteiger partial charge in [-0.2, -0.15) is 18.4 Å². The third kappa shape index (κ3) is 5.30. The predicted molar refractivity (Wildman–Crippen MR) is 109 cm³/mol. The summed E-state index contributed by atoms with van der Waals surface area (Å²) in [5.74, 6) is -0.192. The first-order valence-corrected chi connectivity index (χ1v) is 10.8. The van der Waals surface area contributed by atoms with Crippen LogP contribution in [0.4, 0.5) is 18.9 Å². The monoisotopic (exact) mass is 463 g/mol. The molecule has 0 aliphatic heterocycles. The largest absolute Gasteiger partial charge is 0.435 e. The minimum atomic E-state index is -4.63. The highest BCUT2D eigenvalue weighted by Crippen LogP contribution is 2.36. The highest BCUT2D eigenvalue weighted by Gasteiger charge is 2.33. The van der Waals surface area contributed by atoms with E-state index in [1.165, 1.54) is 38.2 Å². The van der Waals surface area contributed by atoms with Crippen molar-refractivity contribution in [1.29, 1.82) is 5.26 Å². The topological polar surface area (TPSA) is 118 Å². The maximum Gasteiger partial charge on any atom is 0.433 e. The van der Waals surface area contributed by atoms with Crippen molar-refractivity contribution in [2.75, 3.05) is 11.0 Å². The molecule has 0 aliphatic carbocycles. The normalized spacial score (nSPS) is 11.7. The smallest absolute Gasteiger partial charge is 0.433 e. The number of halogens is 3. The van der Waals surface area contributed by atoms with Gasteiger partial charge in [-0.05, 0) is 49.7 Å². The predicted octanol–water partition coefficient (Wildman–Crippen LogP) is 4.21. The first kappa shape index (κ1) is 23.0. The summed E-state index contributed by atoms with van der Waals surface area (Å²) in [5.41, 5.74) is -0.0342. The number of hydrogen-bond donors (Lipinski definition) is 1. The van der Waals surface area contributed by atoms with Gasteiger partial charge in [-0.3, -0.25) is 4.72 Å². The van der Waals surface area contributed by atoms with Crippen molar-refractivity contribution in [3.8, 4) is 29.0 Å². The van der Waals surface area contributed by atoms with Gasteiger partial charge in [0, 0.05) is 11.8 Å². The van der Waals surface area contributed by atoms with Crippen molar-refractivity contribution in [3.63, 3.8) is 0 Å². The third-order valence-corrected chi connectivity index (χ3v) is 4.73. The van der Waals surface area contributed by atoms with Crippen molar-refractivity contribution < 1.29 is 26.3 Å². The van der Waals surface area contributed by atoms with Crippen molar-refractivity contribution >= 4 is 15.7 Å². The molecule has 0 amide bonds. The number of nitrogens with zero attached hydrogens (tertiary/aromatic N) is 4. The maximum atomic E-state index is 13.0. The number of hydrogen-bond acceptors (Lipinski definition) is 7. The van der Waals surface area contributed by atoms with Gasteiger partial charge in [-0.25, -0.2) is 23.4 Å². The number of alkyl halides is 3.